The number of benzene rings is 1. The van der Waals surface area contributed by atoms with Crippen molar-refractivity contribution in [3.63, 3.8) is 0 Å². The standard InChI is InChI=1S/C20H28FN3O2/c21-17-6-2-1-5-16(17)20(9-3-4-10-20)14-23-19(26)15-7-11-24(12-8-15)13-18(22)25/h1-2,5-6,15H,3-4,7-14H2,(H2,22,25)(H,23,26). The molecule has 1 aromatic rings. The van der Waals surface area contributed by atoms with Crippen LogP contribution in [-0.2, 0) is 15.0 Å². The number of primary amides is 1. The van der Waals surface area contributed by atoms with Gasteiger partial charge in [-0.2, -0.15) is 0 Å². The van der Waals surface area contributed by atoms with Gasteiger partial charge in [-0.1, -0.05) is 31.0 Å². The number of halogens is 1. The summed E-state index contributed by atoms with van der Waals surface area (Å²) in [6.45, 7) is 2.16. The van der Waals surface area contributed by atoms with E-state index >= 15 is 0 Å². The predicted octanol–water partition coefficient (Wildman–Crippen LogP) is 1.95. The van der Waals surface area contributed by atoms with Crippen LogP contribution in [0.3, 0.4) is 0 Å². The van der Waals surface area contributed by atoms with Gasteiger partial charge in [0, 0.05) is 17.9 Å². The summed E-state index contributed by atoms with van der Waals surface area (Å²) in [6, 6.07) is 6.94. The van der Waals surface area contributed by atoms with Crippen molar-refractivity contribution in [2.75, 3.05) is 26.2 Å². The van der Waals surface area contributed by atoms with Crippen molar-refractivity contribution in [2.24, 2.45) is 11.7 Å². The Hall–Kier alpha value is -1.95. The third kappa shape index (κ3) is 4.23. The third-order valence-electron chi connectivity index (χ3n) is 5.94. The average Bonchev–Trinajstić information content (AvgIpc) is 3.10. The minimum Gasteiger partial charge on any atom is -0.369 e. The molecule has 0 atom stereocenters. The molecule has 142 valence electrons. The first-order valence-corrected chi connectivity index (χ1v) is 9.53. The summed E-state index contributed by atoms with van der Waals surface area (Å²) in [6.07, 6.45) is 5.40. The van der Waals surface area contributed by atoms with Crippen molar-refractivity contribution in [3.05, 3.63) is 35.6 Å². The van der Waals surface area contributed by atoms with Crippen molar-refractivity contribution in [3.8, 4) is 0 Å². The number of rotatable bonds is 6. The van der Waals surface area contributed by atoms with Gasteiger partial charge < -0.3 is 11.1 Å². The number of hydrogen-bond donors (Lipinski definition) is 2. The molecule has 1 saturated heterocycles. The van der Waals surface area contributed by atoms with Crippen LogP contribution in [0, 0.1) is 11.7 Å². The first-order valence-electron chi connectivity index (χ1n) is 9.53. The van der Waals surface area contributed by atoms with Gasteiger partial charge in [-0.25, -0.2) is 4.39 Å². The van der Waals surface area contributed by atoms with E-state index < -0.39 is 0 Å². The number of piperidine rings is 1. The second-order valence-corrected chi connectivity index (χ2v) is 7.70. The summed E-state index contributed by atoms with van der Waals surface area (Å²) in [5.74, 6) is -0.506. The third-order valence-corrected chi connectivity index (χ3v) is 5.94. The minimum atomic E-state index is -0.332. The molecule has 0 unspecified atom stereocenters. The second kappa shape index (κ2) is 8.16. The quantitative estimate of drug-likeness (QED) is 0.813. The zero-order valence-electron chi connectivity index (χ0n) is 15.2. The fourth-order valence-electron chi connectivity index (χ4n) is 4.46. The molecule has 2 amide bonds. The highest BCUT2D eigenvalue weighted by Crippen LogP contribution is 2.41. The highest BCUT2D eigenvalue weighted by Gasteiger charge is 2.38. The molecule has 2 fully saturated rings. The molecule has 0 radical (unpaired) electrons. The van der Waals surface area contributed by atoms with E-state index in [-0.39, 0.29) is 35.5 Å². The lowest BCUT2D eigenvalue weighted by Gasteiger charge is -2.33. The molecule has 0 bridgehead atoms. The van der Waals surface area contributed by atoms with Crippen LogP contribution in [0.1, 0.15) is 44.1 Å². The van der Waals surface area contributed by atoms with Crippen LogP contribution in [0.25, 0.3) is 0 Å². The molecule has 6 heteroatoms. The van der Waals surface area contributed by atoms with E-state index in [4.69, 9.17) is 5.73 Å². The summed E-state index contributed by atoms with van der Waals surface area (Å²) in [5, 5.41) is 3.10. The Morgan fingerprint density at radius 2 is 1.85 bits per heavy atom. The molecule has 0 spiro atoms. The maximum atomic E-state index is 14.4. The van der Waals surface area contributed by atoms with E-state index in [0.717, 1.165) is 44.1 Å². The van der Waals surface area contributed by atoms with Crippen LogP contribution in [0.5, 0.6) is 0 Å². The second-order valence-electron chi connectivity index (χ2n) is 7.70. The number of carbonyl (C=O) groups is 2. The average molecular weight is 361 g/mol. The Morgan fingerprint density at radius 3 is 2.46 bits per heavy atom. The maximum absolute atomic E-state index is 14.4. The van der Waals surface area contributed by atoms with Gasteiger partial charge in [-0.3, -0.25) is 14.5 Å². The molecule has 1 heterocycles. The van der Waals surface area contributed by atoms with Gasteiger partial charge in [-0.05, 0) is 50.4 Å². The minimum absolute atomic E-state index is 0.0433. The molecule has 1 saturated carbocycles. The van der Waals surface area contributed by atoms with Crippen LogP contribution in [0.4, 0.5) is 4.39 Å². The highest BCUT2D eigenvalue weighted by molar-refractivity contribution is 5.79. The van der Waals surface area contributed by atoms with Gasteiger partial charge >= 0.3 is 0 Å². The zero-order valence-corrected chi connectivity index (χ0v) is 15.2. The number of amides is 2. The first kappa shape index (κ1) is 18.8. The number of hydrogen-bond acceptors (Lipinski definition) is 3. The fourth-order valence-corrected chi connectivity index (χ4v) is 4.46. The van der Waals surface area contributed by atoms with Crippen molar-refractivity contribution >= 4 is 11.8 Å². The summed E-state index contributed by atoms with van der Waals surface area (Å²) < 4.78 is 14.4. The molecule has 2 aliphatic rings. The Morgan fingerprint density at radius 1 is 1.19 bits per heavy atom. The number of nitrogens with zero attached hydrogens (tertiary/aromatic N) is 1. The number of nitrogens with one attached hydrogen (secondary N) is 1. The monoisotopic (exact) mass is 361 g/mol. The lowest BCUT2D eigenvalue weighted by atomic mass is 9.78. The number of likely N-dealkylation sites (tertiary alicyclic amines) is 1. The van der Waals surface area contributed by atoms with E-state index in [1.165, 1.54) is 6.07 Å². The van der Waals surface area contributed by atoms with Crippen molar-refractivity contribution < 1.29 is 14.0 Å². The molecule has 3 rings (SSSR count). The van der Waals surface area contributed by atoms with Crippen molar-refractivity contribution in [2.45, 2.75) is 43.9 Å². The van der Waals surface area contributed by atoms with Gasteiger partial charge in [0.25, 0.3) is 0 Å². The SMILES string of the molecule is NC(=O)CN1CCC(C(=O)NCC2(c3ccccc3F)CCCC2)CC1. The summed E-state index contributed by atoms with van der Waals surface area (Å²) in [7, 11) is 0. The van der Waals surface area contributed by atoms with E-state index in [9.17, 15) is 14.0 Å². The molecule has 1 aromatic carbocycles. The summed E-state index contributed by atoms with van der Waals surface area (Å²) in [5.41, 5.74) is 5.67. The zero-order chi connectivity index (χ0) is 18.6. The van der Waals surface area contributed by atoms with E-state index in [2.05, 4.69) is 5.32 Å². The molecule has 1 aliphatic heterocycles. The Balaban J connectivity index is 1.58. The summed E-state index contributed by atoms with van der Waals surface area (Å²) in [4.78, 5) is 25.6. The van der Waals surface area contributed by atoms with Crippen LogP contribution in [-0.4, -0.2) is 42.9 Å². The Labute approximate surface area is 154 Å². The van der Waals surface area contributed by atoms with Gasteiger partial charge in [0.2, 0.25) is 11.8 Å². The van der Waals surface area contributed by atoms with Crippen LogP contribution >= 0.6 is 0 Å². The predicted molar refractivity (Wildman–Crippen MR) is 97.9 cm³/mol. The Bertz CT molecular complexity index is 650. The first-order chi connectivity index (χ1) is 12.5. The van der Waals surface area contributed by atoms with Gasteiger partial charge in [0.15, 0.2) is 0 Å². The normalized spacial score (nSPS) is 20.8. The van der Waals surface area contributed by atoms with Gasteiger partial charge in [0.1, 0.15) is 5.82 Å². The topological polar surface area (TPSA) is 75.4 Å². The largest absolute Gasteiger partial charge is 0.369 e. The summed E-state index contributed by atoms with van der Waals surface area (Å²) >= 11 is 0. The van der Waals surface area contributed by atoms with Crippen molar-refractivity contribution in [1.29, 1.82) is 0 Å². The van der Waals surface area contributed by atoms with Crippen LogP contribution in [0.15, 0.2) is 24.3 Å². The molecule has 26 heavy (non-hydrogen) atoms. The van der Waals surface area contributed by atoms with E-state index in [1.54, 1.807) is 6.07 Å². The smallest absolute Gasteiger partial charge is 0.231 e. The molecule has 1 aliphatic carbocycles. The van der Waals surface area contributed by atoms with Gasteiger partial charge in [-0.15, -0.1) is 0 Å². The molecule has 3 N–H and O–H groups in total. The van der Waals surface area contributed by atoms with Crippen LogP contribution in [0.2, 0.25) is 0 Å². The lowest BCUT2D eigenvalue weighted by molar-refractivity contribution is -0.126. The van der Waals surface area contributed by atoms with Crippen LogP contribution < -0.4 is 11.1 Å². The van der Waals surface area contributed by atoms with E-state index in [0.29, 0.717) is 19.6 Å². The van der Waals surface area contributed by atoms with Gasteiger partial charge in [0.05, 0.1) is 6.54 Å². The van der Waals surface area contributed by atoms with Crippen molar-refractivity contribution in [1.82, 2.24) is 10.2 Å². The maximum Gasteiger partial charge on any atom is 0.231 e. The lowest BCUT2D eigenvalue weighted by Crippen LogP contribution is -2.46. The molecular formula is C20H28FN3O2. The highest BCUT2D eigenvalue weighted by atomic mass is 19.1. The fraction of sp³-hybridized carbons (Fsp3) is 0.600. The van der Waals surface area contributed by atoms with E-state index in [1.807, 2.05) is 17.0 Å². The molecule has 0 aromatic heterocycles. The molecule has 5 nitrogen and oxygen atoms in total. The number of nitrogens with two attached hydrogens (primary N) is 1. The number of carbonyl (C=O) groups excluding carboxylic acids is 2. The molecular weight excluding hydrogens is 333 g/mol. The Kier molecular flexibility index (Phi) is 5.91.